The third-order valence-electron chi connectivity index (χ3n) is 5.59. The van der Waals surface area contributed by atoms with Gasteiger partial charge in [-0.25, -0.2) is 4.79 Å². The van der Waals surface area contributed by atoms with E-state index in [0.29, 0.717) is 0 Å². The normalized spacial score (nSPS) is 24.5. The van der Waals surface area contributed by atoms with Gasteiger partial charge >= 0.3 is 47.6 Å². The van der Waals surface area contributed by atoms with Crippen LogP contribution in [-0.2, 0) is 76.3 Å². The first-order valence-corrected chi connectivity index (χ1v) is 12.4. The molecule has 1 saturated heterocycles. The van der Waals surface area contributed by atoms with E-state index in [1.54, 1.807) is 0 Å². The number of rotatable bonds is 12. The second kappa shape index (κ2) is 15.1. The molecule has 17 nitrogen and oxygen atoms in total. The summed E-state index contributed by atoms with van der Waals surface area (Å²) in [6, 6.07) is -1.67. The maximum atomic E-state index is 13.2. The summed E-state index contributed by atoms with van der Waals surface area (Å²) in [6.45, 7) is 5.06. The van der Waals surface area contributed by atoms with E-state index in [4.69, 9.17) is 37.9 Å². The topological polar surface area (TPSA) is 222 Å². The average Bonchev–Trinajstić information content (AvgIpc) is 2.83. The Hall–Kier alpha value is -4.28. The third-order valence-corrected chi connectivity index (χ3v) is 5.59. The van der Waals surface area contributed by atoms with Crippen LogP contribution in [0, 0.1) is 0 Å². The Morgan fingerprint density at radius 3 is 1.79 bits per heavy atom. The van der Waals surface area contributed by atoms with E-state index in [0.717, 1.165) is 55.6 Å². The first-order chi connectivity index (χ1) is 19.4. The summed E-state index contributed by atoms with van der Waals surface area (Å²) in [7, 11) is 0.914. The Labute approximate surface area is 240 Å². The molecule has 1 N–H and O–H groups in total. The zero-order valence-electron chi connectivity index (χ0n) is 24.5. The zero-order valence-corrected chi connectivity index (χ0v) is 24.5. The number of carbonyl (C=O) groups is 8. The summed E-state index contributed by atoms with van der Waals surface area (Å²) in [5.74, 6) is -10.8. The fourth-order valence-corrected chi connectivity index (χ4v) is 4.40. The van der Waals surface area contributed by atoms with Crippen LogP contribution in [0.2, 0.25) is 0 Å². The first kappa shape index (κ1) is 35.7. The van der Waals surface area contributed by atoms with E-state index in [9.17, 15) is 38.4 Å². The minimum atomic E-state index is -2.78. The quantitative estimate of drug-likeness (QED) is 0.208. The van der Waals surface area contributed by atoms with Crippen molar-refractivity contribution in [2.45, 2.75) is 90.6 Å². The molecule has 1 fully saturated rings. The van der Waals surface area contributed by atoms with Crippen molar-refractivity contribution in [2.24, 2.45) is 0 Å². The monoisotopic (exact) mass is 605 g/mol. The fourth-order valence-electron chi connectivity index (χ4n) is 4.40. The molecule has 6 atom stereocenters. The number of nitrogens with one attached hydrogen (secondary N) is 1. The lowest BCUT2D eigenvalue weighted by atomic mass is 9.77. The highest BCUT2D eigenvalue weighted by atomic mass is 16.8. The number of carbonyl (C=O) groups excluding carboxylic acids is 8. The van der Waals surface area contributed by atoms with Gasteiger partial charge in [0.1, 0.15) is 25.4 Å². The van der Waals surface area contributed by atoms with E-state index < -0.39 is 103 Å². The maximum absolute atomic E-state index is 13.2. The largest absolute Gasteiger partial charge is 0.464 e. The number of amides is 1. The van der Waals surface area contributed by atoms with Crippen molar-refractivity contribution >= 4 is 47.7 Å². The van der Waals surface area contributed by atoms with Gasteiger partial charge in [0.05, 0.1) is 13.5 Å². The van der Waals surface area contributed by atoms with Crippen LogP contribution in [0.5, 0.6) is 0 Å². The van der Waals surface area contributed by atoms with Crippen LogP contribution in [-0.4, -0.2) is 104 Å². The molecule has 1 heterocycles. The number of esters is 7. The Balaban J connectivity index is 4.28. The number of methoxy groups -OCH3 is 1. The molecule has 0 saturated carbocycles. The Bertz CT molecular complexity index is 1090. The van der Waals surface area contributed by atoms with Crippen LogP contribution in [0.25, 0.3) is 0 Å². The van der Waals surface area contributed by atoms with Crippen molar-refractivity contribution in [2.75, 3.05) is 20.3 Å². The van der Waals surface area contributed by atoms with Crippen molar-refractivity contribution in [1.29, 1.82) is 0 Å². The summed E-state index contributed by atoms with van der Waals surface area (Å²) >= 11 is 0. The molecule has 1 aliphatic rings. The van der Waals surface area contributed by atoms with Crippen LogP contribution in [0.3, 0.4) is 0 Å². The van der Waals surface area contributed by atoms with Crippen LogP contribution >= 0.6 is 0 Å². The highest BCUT2D eigenvalue weighted by Crippen LogP contribution is 2.44. The minimum Gasteiger partial charge on any atom is -0.464 e. The average molecular weight is 606 g/mol. The predicted octanol–water partition coefficient (Wildman–Crippen LogP) is -0.996. The summed E-state index contributed by atoms with van der Waals surface area (Å²) in [4.78, 5) is 98.4. The molecule has 0 radical (unpaired) electrons. The van der Waals surface area contributed by atoms with E-state index in [1.165, 1.54) is 0 Å². The number of hydrogen-bond donors (Lipinski definition) is 1. The SMILES string of the molecule is COC(=O)[C@]1(OC(C)=O)C[C@H](OC(C)=O)[C@@H](NC(C)=O)[C@](COC(C)=O)([C@H](OC(C)=O)[C@@H](COC(C)=O)OC(C)=O)O1. The second-order valence-electron chi connectivity index (χ2n) is 9.19. The van der Waals surface area contributed by atoms with Crippen LogP contribution in [0.4, 0.5) is 0 Å². The highest BCUT2D eigenvalue weighted by molar-refractivity contribution is 5.82. The van der Waals surface area contributed by atoms with Gasteiger partial charge in [-0.15, -0.1) is 0 Å². The van der Waals surface area contributed by atoms with Gasteiger partial charge in [0.25, 0.3) is 0 Å². The molecule has 0 unspecified atom stereocenters. The first-order valence-electron chi connectivity index (χ1n) is 12.4. The Kier molecular flexibility index (Phi) is 12.8. The van der Waals surface area contributed by atoms with Gasteiger partial charge in [-0.3, -0.25) is 33.6 Å². The summed E-state index contributed by atoms with van der Waals surface area (Å²) < 4.78 is 42.6. The minimum absolute atomic E-state index is 0.777. The van der Waals surface area contributed by atoms with Gasteiger partial charge in [0.2, 0.25) is 5.91 Å². The highest BCUT2D eigenvalue weighted by Gasteiger charge is 2.68. The van der Waals surface area contributed by atoms with E-state index >= 15 is 0 Å². The van der Waals surface area contributed by atoms with Gasteiger partial charge in [0.15, 0.2) is 17.8 Å². The molecule has 1 amide bonds. The molecule has 1 aliphatic heterocycles. The summed E-state index contributed by atoms with van der Waals surface area (Å²) in [5.41, 5.74) is -2.58. The Morgan fingerprint density at radius 2 is 1.36 bits per heavy atom. The smallest absolute Gasteiger partial charge is 0.379 e. The van der Waals surface area contributed by atoms with Crippen molar-refractivity contribution < 1.29 is 76.3 Å². The van der Waals surface area contributed by atoms with E-state index in [2.05, 4.69) is 5.32 Å². The second-order valence-corrected chi connectivity index (χ2v) is 9.19. The third kappa shape index (κ3) is 9.67. The van der Waals surface area contributed by atoms with Gasteiger partial charge < -0.3 is 43.2 Å². The fraction of sp³-hybridized carbons (Fsp3) is 0.680. The van der Waals surface area contributed by atoms with Crippen LogP contribution < -0.4 is 5.32 Å². The molecule has 0 bridgehead atoms. The molecule has 0 spiro atoms. The summed E-state index contributed by atoms with van der Waals surface area (Å²) in [5, 5.41) is 2.46. The molecule has 0 aliphatic carbocycles. The van der Waals surface area contributed by atoms with Crippen molar-refractivity contribution in [3.63, 3.8) is 0 Å². The lowest BCUT2D eigenvalue weighted by Crippen LogP contribution is -2.77. The van der Waals surface area contributed by atoms with Crippen molar-refractivity contribution in [3.8, 4) is 0 Å². The molecule has 17 heteroatoms. The van der Waals surface area contributed by atoms with Gasteiger partial charge in [0, 0.05) is 48.5 Å². The van der Waals surface area contributed by atoms with Crippen molar-refractivity contribution in [3.05, 3.63) is 0 Å². The lowest BCUT2D eigenvalue weighted by molar-refractivity contribution is -0.345. The molecular formula is C25H35NO16. The lowest BCUT2D eigenvalue weighted by Gasteiger charge is -2.54. The van der Waals surface area contributed by atoms with E-state index in [1.807, 2.05) is 0 Å². The molecule has 236 valence electrons. The standard InChI is InChI=1S/C25H35NO16/c1-12(27)26-21-19(38-15(4)30)9-25(23(34)35-8,41-18(7)33)42-24(21,11-37-14(3)29)22(40-17(6)32)20(39-16(5)31)10-36-13(2)28/h19-22H,9-11H2,1-8H3,(H,26,27)/t19-,20+,21+,22+,24+,25-/m0/s1. The predicted molar refractivity (Wildman–Crippen MR) is 132 cm³/mol. The van der Waals surface area contributed by atoms with Crippen LogP contribution in [0.15, 0.2) is 0 Å². The molecule has 1 rings (SSSR count). The van der Waals surface area contributed by atoms with E-state index in [-0.39, 0.29) is 0 Å². The van der Waals surface area contributed by atoms with Crippen LogP contribution in [0.1, 0.15) is 54.9 Å². The maximum Gasteiger partial charge on any atom is 0.379 e. The van der Waals surface area contributed by atoms with Gasteiger partial charge in [-0.2, -0.15) is 0 Å². The zero-order chi connectivity index (χ0) is 32.4. The summed E-state index contributed by atoms with van der Waals surface area (Å²) in [6.07, 6.45) is -6.21. The Morgan fingerprint density at radius 1 is 0.786 bits per heavy atom. The molecule has 0 aromatic rings. The van der Waals surface area contributed by atoms with Gasteiger partial charge in [-0.1, -0.05) is 0 Å². The molecule has 0 aromatic heterocycles. The molecule has 0 aromatic carbocycles. The molecular weight excluding hydrogens is 570 g/mol. The number of ether oxygens (including phenoxy) is 8. The molecule has 42 heavy (non-hydrogen) atoms. The van der Waals surface area contributed by atoms with Gasteiger partial charge in [-0.05, 0) is 0 Å². The van der Waals surface area contributed by atoms with Crippen molar-refractivity contribution in [1.82, 2.24) is 5.32 Å². The number of hydrogen-bond acceptors (Lipinski definition) is 16.